The van der Waals surface area contributed by atoms with Crippen LogP contribution in [0, 0.1) is 0 Å². The van der Waals surface area contributed by atoms with Crippen molar-refractivity contribution in [3.05, 3.63) is 17.7 Å². The van der Waals surface area contributed by atoms with E-state index < -0.39 is 0 Å². The zero-order valence-electron chi connectivity index (χ0n) is 7.95. The number of hydrogen-bond acceptors (Lipinski definition) is 4. The second-order valence-electron chi connectivity index (χ2n) is 2.94. The Kier molecular flexibility index (Phi) is 2.84. The van der Waals surface area contributed by atoms with E-state index in [9.17, 15) is 0 Å². The Morgan fingerprint density at radius 1 is 1.36 bits per heavy atom. The van der Waals surface area contributed by atoms with Crippen LogP contribution in [0.1, 0.15) is 5.56 Å². The molecule has 0 aromatic heterocycles. The smallest absolute Gasteiger partial charge is 0.175 e. The lowest BCUT2D eigenvalue weighted by Gasteiger charge is -2.21. The average molecular weight is 212 g/mol. The second-order valence-corrected chi connectivity index (χ2v) is 3.76. The van der Waals surface area contributed by atoms with Crippen molar-refractivity contribution in [1.82, 2.24) is 0 Å². The fourth-order valence-corrected chi connectivity index (χ4v) is 2.22. The highest BCUT2D eigenvalue weighted by Gasteiger charge is 2.18. The van der Waals surface area contributed by atoms with E-state index in [0.29, 0.717) is 13.2 Å². The molecule has 0 saturated carbocycles. The largest absolute Gasteiger partial charge is 0.486 e. The number of aliphatic hydroxyl groups excluding tert-OH is 1. The van der Waals surface area contributed by atoms with Gasteiger partial charge in [-0.1, -0.05) is 6.07 Å². The van der Waals surface area contributed by atoms with Crippen LogP contribution in [0.25, 0.3) is 0 Å². The van der Waals surface area contributed by atoms with Crippen LogP contribution in [-0.2, 0) is 6.61 Å². The standard InChI is InChI=1S/C10H12O3S/c1-14-10-7(6-11)2-3-8-9(10)13-5-4-12-8/h2-3,11H,4-6H2,1H3. The Hall–Kier alpha value is -0.870. The van der Waals surface area contributed by atoms with E-state index in [0.717, 1.165) is 22.0 Å². The molecule has 0 fully saturated rings. The van der Waals surface area contributed by atoms with Crippen molar-refractivity contribution in [2.75, 3.05) is 19.5 Å². The van der Waals surface area contributed by atoms with Gasteiger partial charge in [-0.3, -0.25) is 0 Å². The molecule has 1 aliphatic rings. The minimum atomic E-state index is 0.0345. The molecule has 1 N–H and O–H groups in total. The maximum Gasteiger partial charge on any atom is 0.175 e. The molecule has 4 heteroatoms. The van der Waals surface area contributed by atoms with Crippen LogP contribution >= 0.6 is 11.8 Å². The van der Waals surface area contributed by atoms with Gasteiger partial charge in [0.2, 0.25) is 0 Å². The first-order valence-corrected chi connectivity index (χ1v) is 5.65. The van der Waals surface area contributed by atoms with Gasteiger partial charge >= 0.3 is 0 Å². The van der Waals surface area contributed by atoms with E-state index in [1.165, 1.54) is 0 Å². The third-order valence-corrected chi connectivity index (χ3v) is 2.98. The van der Waals surface area contributed by atoms with Gasteiger partial charge in [0, 0.05) is 0 Å². The minimum Gasteiger partial charge on any atom is -0.486 e. The molecular weight excluding hydrogens is 200 g/mol. The number of fused-ring (bicyclic) bond motifs is 1. The molecule has 1 aromatic carbocycles. The van der Waals surface area contributed by atoms with Crippen LogP contribution < -0.4 is 9.47 Å². The van der Waals surface area contributed by atoms with Crippen molar-refractivity contribution in [2.45, 2.75) is 11.5 Å². The van der Waals surface area contributed by atoms with Crippen molar-refractivity contribution in [3.63, 3.8) is 0 Å². The van der Waals surface area contributed by atoms with E-state index in [1.54, 1.807) is 11.8 Å². The maximum atomic E-state index is 9.14. The van der Waals surface area contributed by atoms with Crippen molar-refractivity contribution < 1.29 is 14.6 Å². The number of hydrogen-bond donors (Lipinski definition) is 1. The molecule has 0 bridgehead atoms. The highest BCUT2D eigenvalue weighted by atomic mass is 32.2. The number of aliphatic hydroxyl groups is 1. The zero-order valence-corrected chi connectivity index (χ0v) is 8.76. The number of rotatable bonds is 2. The highest BCUT2D eigenvalue weighted by molar-refractivity contribution is 7.98. The molecule has 0 aliphatic carbocycles. The monoisotopic (exact) mass is 212 g/mol. The fourth-order valence-electron chi connectivity index (χ4n) is 1.48. The Morgan fingerprint density at radius 3 is 2.86 bits per heavy atom. The third-order valence-electron chi connectivity index (χ3n) is 2.12. The molecule has 2 rings (SSSR count). The summed E-state index contributed by atoms with van der Waals surface area (Å²) in [6.07, 6.45) is 1.97. The third kappa shape index (κ3) is 1.55. The van der Waals surface area contributed by atoms with Gasteiger partial charge in [-0.2, -0.15) is 0 Å². The molecular formula is C10H12O3S. The molecule has 0 saturated heterocycles. The summed E-state index contributed by atoms with van der Waals surface area (Å²) in [6, 6.07) is 3.72. The topological polar surface area (TPSA) is 38.7 Å². The fraction of sp³-hybridized carbons (Fsp3) is 0.400. The number of thioether (sulfide) groups is 1. The molecule has 0 radical (unpaired) electrons. The zero-order chi connectivity index (χ0) is 9.97. The predicted octanol–water partition coefficient (Wildman–Crippen LogP) is 1.67. The van der Waals surface area contributed by atoms with Gasteiger partial charge in [0.25, 0.3) is 0 Å². The summed E-state index contributed by atoms with van der Waals surface area (Å²) in [5.74, 6) is 1.55. The van der Waals surface area contributed by atoms with E-state index in [1.807, 2.05) is 18.4 Å². The Balaban J connectivity index is 2.50. The van der Waals surface area contributed by atoms with Crippen LogP contribution in [0.2, 0.25) is 0 Å². The van der Waals surface area contributed by atoms with Gasteiger partial charge in [0.15, 0.2) is 11.5 Å². The molecule has 3 nitrogen and oxygen atoms in total. The van der Waals surface area contributed by atoms with Crippen LogP contribution in [0.3, 0.4) is 0 Å². The van der Waals surface area contributed by atoms with Gasteiger partial charge in [-0.25, -0.2) is 0 Å². The summed E-state index contributed by atoms with van der Waals surface area (Å²) in [5.41, 5.74) is 0.891. The first kappa shape index (κ1) is 9.68. The normalized spacial score (nSPS) is 14.1. The number of ether oxygens (including phenoxy) is 2. The van der Waals surface area contributed by atoms with Gasteiger partial charge in [0.05, 0.1) is 11.5 Å². The summed E-state index contributed by atoms with van der Waals surface area (Å²) < 4.78 is 11.0. The Morgan fingerprint density at radius 2 is 2.14 bits per heavy atom. The first-order valence-electron chi connectivity index (χ1n) is 4.43. The highest BCUT2D eigenvalue weighted by Crippen LogP contribution is 2.40. The SMILES string of the molecule is CSc1c(CO)ccc2c1OCCO2. The average Bonchev–Trinajstić information content (AvgIpc) is 2.27. The van der Waals surface area contributed by atoms with Gasteiger partial charge < -0.3 is 14.6 Å². The van der Waals surface area contributed by atoms with E-state index >= 15 is 0 Å². The molecule has 1 heterocycles. The summed E-state index contributed by atoms with van der Waals surface area (Å²) in [5, 5.41) is 9.14. The predicted molar refractivity (Wildman–Crippen MR) is 55.1 cm³/mol. The molecule has 0 spiro atoms. The Bertz CT molecular complexity index is 323. The van der Waals surface area contributed by atoms with Crippen LogP contribution in [0.15, 0.2) is 17.0 Å². The second kappa shape index (κ2) is 4.11. The lowest BCUT2D eigenvalue weighted by molar-refractivity contribution is 0.166. The van der Waals surface area contributed by atoms with Crippen molar-refractivity contribution in [3.8, 4) is 11.5 Å². The lowest BCUT2D eigenvalue weighted by atomic mass is 10.2. The van der Waals surface area contributed by atoms with Crippen molar-refractivity contribution in [1.29, 1.82) is 0 Å². The minimum absolute atomic E-state index is 0.0345. The van der Waals surface area contributed by atoms with E-state index in [4.69, 9.17) is 14.6 Å². The van der Waals surface area contributed by atoms with Crippen molar-refractivity contribution in [2.24, 2.45) is 0 Å². The summed E-state index contributed by atoms with van der Waals surface area (Å²) in [4.78, 5) is 0.977. The molecule has 0 atom stereocenters. The summed E-state index contributed by atoms with van der Waals surface area (Å²) in [6.45, 7) is 1.21. The summed E-state index contributed by atoms with van der Waals surface area (Å²) in [7, 11) is 0. The quantitative estimate of drug-likeness (QED) is 0.757. The Labute approximate surface area is 87.0 Å². The van der Waals surface area contributed by atoms with Crippen LogP contribution in [0.4, 0.5) is 0 Å². The molecule has 1 aromatic rings. The molecule has 76 valence electrons. The summed E-state index contributed by atoms with van der Waals surface area (Å²) >= 11 is 1.57. The number of benzene rings is 1. The molecule has 14 heavy (non-hydrogen) atoms. The molecule has 1 aliphatic heterocycles. The van der Waals surface area contributed by atoms with E-state index in [2.05, 4.69) is 0 Å². The van der Waals surface area contributed by atoms with Crippen LogP contribution in [0.5, 0.6) is 11.5 Å². The maximum absolute atomic E-state index is 9.14. The lowest BCUT2D eigenvalue weighted by Crippen LogP contribution is -2.16. The van der Waals surface area contributed by atoms with E-state index in [-0.39, 0.29) is 6.61 Å². The molecule has 0 unspecified atom stereocenters. The van der Waals surface area contributed by atoms with Gasteiger partial charge in [-0.05, 0) is 17.9 Å². The van der Waals surface area contributed by atoms with Crippen molar-refractivity contribution >= 4 is 11.8 Å². The van der Waals surface area contributed by atoms with Gasteiger partial charge in [-0.15, -0.1) is 11.8 Å². The first-order chi connectivity index (χ1) is 6.86. The van der Waals surface area contributed by atoms with Gasteiger partial charge in [0.1, 0.15) is 13.2 Å². The van der Waals surface area contributed by atoms with Crippen LogP contribution in [-0.4, -0.2) is 24.6 Å². The molecule has 0 amide bonds.